The Morgan fingerprint density at radius 2 is 2.13 bits per heavy atom. The lowest BCUT2D eigenvalue weighted by atomic mass is 9.96. The highest BCUT2D eigenvalue weighted by Gasteiger charge is 2.20. The molecule has 0 aliphatic rings. The molecule has 0 aliphatic carbocycles. The van der Waals surface area contributed by atoms with E-state index < -0.39 is 0 Å². The quantitative estimate of drug-likeness (QED) is 0.557. The summed E-state index contributed by atoms with van der Waals surface area (Å²) in [6.07, 6.45) is 5.79. The fourth-order valence-corrected chi connectivity index (χ4v) is 2.79. The third-order valence-electron chi connectivity index (χ3n) is 3.88. The van der Waals surface area contributed by atoms with Crippen LogP contribution >= 0.6 is 0 Å². The maximum atomic E-state index is 11.7. The van der Waals surface area contributed by atoms with Crippen molar-refractivity contribution < 1.29 is 19.1 Å². The van der Waals surface area contributed by atoms with Crippen molar-refractivity contribution in [3.8, 4) is 5.75 Å². The van der Waals surface area contributed by atoms with Crippen LogP contribution in [0.1, 0.15) is 55.1 Å². The van der Waals surface area contributed by atoms with Crippen LogP contribution in [0.2, 0.25) is 0 Å². The molecule has 1 aromatic carbocycles. The van der Waals surface area contributed by atoms with Gasteiger partial charge in [0.2, 0.25) is 0 Å². The monoisotopic (exact) mass is 318 g/mol. The molecule has 2 aromatic rings. The van der Waals surface area contributed by atoms with Crippen LogP contribution in [0.3, 0.4) is 0 Å². The SMILES string of the molecule is CCCCOc1c(CC(C)C)cc2c(CCO)coc2c1C=O. The van der Waals surface area contributed by atoms with Gasteiger partial charge in [0.15, 0.2) is 6.29 Å². The summed E-state index contributed by atoms with van der Waals surface area (Å²) in [6.45, 7) is 7.04. The minimum absolute atomic E-state index is 0.0549. The molecule has 0 saturated heterocycles. The van der Waals surface area contributed by atoms with Crippen molar-refractivity contribution >= 4 is 17.3 Å². The molecular weight excluding hydrogens is 292 g/mol. The van der Waals surface area contributed by atoms with Crippen molar-refractivity contribution in [3.05, 3.63) is 29.0 Å². The first kappa shape index (κ1) is 17.5. The van der Waals surface area contributed by atoms with E-state index in [4.69, 9.17) is 9.15 Å². The first-order valence-electron chi connectivity index (χ1n) is 8.37. The van der Waals surface area contributed by atoms with Gasteiger partial charge < -0.3 is 14.3 Å². The normalized spacial score (nSPS) is 11.3. The lowest BCUT2D eigenvalue weighted by Crippen LogP contribution is -2.06. The zero-order valence-electron chi connectivity index (χ0n) is 14.2. The van der Waals surface area contributed by atoms with Crippen LogP contribution < -0.4 is 4.74 Å². The van der Waals surface area contributed by atoms with Gasteiger partial charge in [-0.25, -0.2) is 0 Å². The van der Waals surface area contributed by atoms with E-state index >= 15 is 0 Å². The molecule has 2 rings (SSSR count). The number of benzene rings is 1. The highest BCUT2D eigenvalue weighted by atomic mass is 16.5. The Hall–Kier alpha value is -1.81. The highest BCUT2D eigenvalue weighted by molar-refractivity contribution is 6.00. The Balaban J connectivity index is 2.56. The second kappa shape index (κ2) is 8.16. The number of furan rings is 1. The van der Waals surface area contributed by atoms with Gasteiger partial charge in [-0.15, -0.1) is 0 Å². The molecule has 0 aliphatic heterocycles. The fraction of sp³-hybridized carbons (Fsp3) is 0.526. The number of aliphatic hydroxyl groups is 1. The second-order valence-electron chi connectivity index (χ2n) is 6.31. The topological polar surface area (TPSA) is 59.7 Å². The molecule has 0 spiro atoms. The minimum Gasteiger partial charge on any atom is -0.492 e. The van der Waals surface area contributed by atoms with Crippen LogP contribution in [0.5, 0.6) is 5.75 Å². The van der Waals surface area contributed by atoms with Crippen LogP contribution in [-0.4, -0.2) is 24.6 Å². The molecule has 0 amide bonds. The third kappa shape index (κ3) is 3.94. The Morgan fingerprint density at radius 1 is 1.35 bits per heavy atom. The Kier molecular flexibility index (Phi) is 6.22. The Morgan fingerprint density at radius 3 is 2.74 bits per heavy atom. The lowest BCUT2D eigenvalue weighted by Gasteiger charge is -2.16. The van der Waals surface area contributed by atoms with Crippen LogP contribution in [-0.2, 0) is 12.8 Å². The first-order chi connectivity index (χ1) is 11.1. The van der Waals surface area contributed by atoms with Crippen LogP contribution in [0.25, 0.3) is 11.0 Å². The van der Waals surface area contributed by atoms with E-state index in [1.165, 1.54) is 0 Å². The van der Waals surface area contributed by atoms with Crippen molar-refractivity contribution in [1.82, 2.24) is 0 Å². The van der Waals surface area contributed by atoms with Gasteiger partial charge in [0, 0.05) is 17.6 Å². The number of carbonyl (C=O) groups is 1. The average molecular weight is 318 g/mol. The van der Waals surface area contributed by atoms with Crippen molar-refractivity contribution in [2.24, 2.45) is 5.92 Å². The van der Waals surface area contributed by atoms with Crippen molar-refractivity contribution in [1.29, 1.82) is 0 Å². The molecule has 4 nitrogen and oxygen atoms in total. The number of carbonyl (C=O) groups excluding carboxylic acids is 1. The predicted octanol–water partition coefficient (Wildman–Crippen LogP) is 4.16. The van der Waals surface area contributed by atoms with Gasteiger partial charge in [-0.3, -0.25) is 4.79 Å². The molecule has 1 aromatic heterocycles. The number of aliphatic hydroxyl groups excluding tert-OH is 1. The van der Waals surface area contributed by atoms with Gasteiger partial charge >= 0.3 is 0 Å². The molecule has 0 radical (unpaired) electrons. The lowest BCUT2D eigenvalue weighted by molar-refractivity contribution is 0.112. The fourth-order valence-electron chi connectivity index (χ4n) is 2.79. The van der Waals surface area contributed by atoms with E-state index in [2.05, 4.69) is 26.8 Å². The van der Waals surface area contributed by atoms with Gasteiger partial charge in [0.25, 0.3) is 0 Å². The second-order valence-corrected chi connectivity index (χ2v) is 6.31. The van der Waals surface area contributed by atoms with Crippen LogP contribution in [0.4, 0.5) is 0 Å². The number of hydrogen-bond acceptors (Lipinski definition) is 4. The average Bonchev–Trinajstić information content (AvgIpc) is 2.90. The van der Waals surface area contributed by atoms with Gasteiger partial charge in [-0.05, 0) is 36.8 Å². The zero-order valence-corrected chi connectivity index (χ0v) is 14.2. The van der Waals surface area contributed by atoms with Crippen LogP contribution in [0, 0.1) is 5.92 Å². The minimum atomic E-state index is 0.0549. The van der Waals surface area contributed by atoms with E-state index in [-0.39, 0.29) is 6.61 Å². The van der Waals surface area contributed by atoms with E-state index in [0.717, 1.165) is 42.1 Å². The van der Waals surface area contributed by atoms with Crippen molar-refractivity contribution in [2.45, 2.75) is 46.5 Å². The molecule has 126 valence electrons. The molecule has 0 bridgehead atoms. The summed E-state index contributed by atoms with van der Waals surface area (Å²) in [4.78, 5) is 11.7. The Bertz CT molecular complexity index is 655. The van der Waals surface area contributed by atoms with Gasteiger partial charge in [-0.1, -0.05) is 27.2 Å². The maximum absolute atomic E-state index is 11.7. The summed E-state index contributed by atoms with van der Waals surface area (Å²) in [5.41, 5.74) is 3.00. The number of ether oxygens (including phenoxy) is 1. The highest BCUT2D eigenvalue weighted by Crippen LogP contribution is 2.35. The molecule has 0 atom stereocenters. The Labute approximate surface area is 137 Å². The summed E-state index contributed by atoms with van der Waals surface area (Å²) in [5.74, 6) is 1.10. The van der Waals surface area contributed by atoms with Crippen molar-refractivity contribution in [2.75, 3.05) is 13.2 Å². The molecular formula is C19H26O4. The predicted molar refractivity (Wildman–Crippen MR) is 91.3 cm³/mol. The molecule has 23 heavy (non-hydrogen) atoms. The van der Waals surface area contributed by atoms with E-state index in [1.807, 2.05) is 0 Å². The van der Waals surface area contributed by atoms with Crippen molar-refractivity contribution in [3.63, 3.8) is 0 Å². The van der Waals surface area contributed by atoms with Gasteiger partial charge in [0.1, 0.15) is 11.3 Å². The molecule has 4 heteroatoms. The number of rotatable bonds is 9. The molecule has 1 N–H and O–H groups in total. The van der Waals surface area contributed by atoms with E-state index in [1.54, 1.807) is 6.26 Å². The third-order valence-corrected chi connectivity index (χ3v) is 3.88. The molecule has 0 saturated carbocycles. The summed E-state index contributed by atoms with van der Waals surface area (Å²) >= 11 is 0. The number of unbranched alkanes of at least 4 members (excludes halogenated alkanes) is 1. The molecule has 1 heterocycles. The largest absolute Gasteiger partial charge is 0.492 e. The number of hydrogen-bond donors (Lipinski definition) is 1. The van der Waals surface area contributed by atoms with E-state index in [9.17, 15) is 9.90 Å². The standard InChI is InChI=1S/C19H26O4/c1-4-5-8-22-18-15(9-13(2)3)10-16-14(6-7-20)12-23-19(16)17(18)11-21/h10-13,20H,4-9H2,1-3H3. The molecule has 0 fully saturated rings. The van der Waals surface area contributed by atoms with E-state index in [0.29, 0.717) is 35.8 Å². The zero-order chi connectivity index (χ0) is 16.8. The number of aldehydes is 1. The summed E-state index contributed by atoms with van der Waals surface area (Å²) in [6, 6.07) is 2.05. The van der Waals surface area contributed by atoms with Gasteiger partial charge in [0.05, 0.1) is 18.4 Å². The number of fused-ring (bicyclic) bond motifs is 1. The summed E-state index contributed by atoms with van der Waals surface area (Å²) in [7, 11) is 0. The summed E-state index contributed by atoms with van der Waals surface area (Å²) < 4.78 is 11.5. The maximum Gasteiger partial charge on any atom is 0.157 e. The molecule has 0 unspecified atom stereocenters. The van der Waals surface area contributed by atoms with Gasteiger partial charge in [-0.2, -0.15) is 0 Å². The van der Waals surface area contributed by atoms with Crippen LogP contribution in [0.15, 0.2) is 16.7 Å². The first-order valence-corrected chi connectivity index (χ1v) is 8.37. The summed E-state index contributed by atoms with van der Waals surface area (Å²) in [5, 5.41) is 10.1. The smallest absolute Gasteiger partial charge is 0.157 e.